The van der Waals surface area contributed by atoms with Gasteiger partial charge in [0, 0.05) is 19.0 Å². The number of benzene rings is 1. The first-order valence-corrected chi connectivity index (χ1v) is 10.7. The summed E-state index contributed by atoms with van der Waals surface area (Å²) >= 11 is 0. The van der Waals surface area contributed by atoms with Gasteiger partial charge in [0.25, 0.3) is 0 Å². The highest BCUT2D eigenvalue weighted by molar-refractivity contribution is 7.92. The first-order valence-electron chi connectivity index (χ1n) is 8.85. The van der Waals surface area contributed by atoms with E-state index in [1.54, 1.807) is 0 Å². The van der Waals surface area contributed by atoms with Crippen molar-refractivity contribution in [2.45, 2.75) is 44.6 Å². The summed E-state index contributed by atoms with van der Waals surface area (Å²) in [6.07, 6.45) is 6.66. The second kappa shape index (κ2) is 7.32. The van der Waals surface area contributed by atoms with Crippen LogP contribution in [0.5, 0.6) is 0 Å². The lowest BCUT2D eigenvalue weighted by molar-refractivity contribution is -0.122. The Bertz CT molecular complexity index is 720. The highest BCUT2D eigenvalue weighted by atomic mass is 32.2. The van der Waals surface area contributed by atoms with E-state index in [-0.39, 0.29) is 12.5 Å². The standard InChI is InChI=1S/C18H25FN2O3S/c1-25(23,24)21(16-8-6-15(19)7-9-16)10-2-3-18(22)20-17-12-13-4-5-14(17)11-13/h6-9,13-14,17H,2-5,10-12H2,1H3,(H,20,22)/t13-,14-,17-/m0/s1. The van der Waals surface area contributed by atoms with Crippen LogP contribution in [-0.4, -0.2) is 33.2 Å². The Hall–Kier alpha value is -1.63. The van der Waals surface area contributed by atoms with Crippen LogP contribution < -0.4 is 9.62 Å². The molecule has 3 rings (SSSR count). The number of halogens is 1. The SMILES string of the molecule is CS(=O)(=O)N(CCCC(=O)N[C@H]1C[C@H]2CC[C@H]1C2)c1ccc(F)cc1. The van der Waals surface area contributed by atoms with E-state index in [9.17, 15) is 17.6 Å². The maximum absolute atomic E-state index is 13.0. The molecule has 0 unspecified atom stereocenters. The number of hydrogen-bond donors (Lipinski definition) is 1. The second-order valence-corrected chi connectivity index (χ2v) is 9.17. The molecule has 0 saturated heterocycles. The molecule has 2 aliphatic rings. The summed E-state index contributed by atoms with van der Waals surface area (Å²) in [5, 5.41) is 3.11. The molecule has 1 amide bonds. The molecule has 0 aliphatic heterocycles. The Kier molecular flexibility index (Phi) is 5.32. The van der Waals surface area contributed by atoms with Gasteiger partial charge in [0.2, 0.25) is 15.9 Å². The lowest BCUT2D eigenvalue weighted by Crippen LogP contribution is -2.39. The number of carbonyl (C=O) groups excluding carboxylic acids is 1. The maximum atomic E-state index is 13.0. The third-order valence-electron chi connectivity index (χ3n) is 5.36. The van der Waals surface area contributed by atoms with Crippen LogP contribution in [0.4, 0.5) is 10.1 Å². The van der Waals surface area contributed by atoms with Crippen molar-refractivity contribution in [1.29, 1.82) is 0 Å². The highest BCUT2D eigenvalue weighted by Crippen LogP contribution is 2.44. The minimum absolute atomic E-state index is 0.00916. The molecule has 25 heavy (non-hydrogen) atoms. The first-order chi connectivity index (χ1) is 11.8. The first kappa shape index (κ1) is 18.2. The van der Waals surface area contributed by atoms with Crippen LogP contribution in [0.3, 0.4) is 0 Å². The third-order valence-corrected chi connectivity index (χ3v) is 6.56. The van der Waals surface area contributed by atoms with Gasteiger partial charge in [0.1, 0.15) is 5.82 Å². The second-order valence-electron chi connectivity index (χ2n) is 7.26. The fraction of sp³-hybridized carbons (Fsp3) is 0.611. The predicted molar refractivity (Wildman–Crippen MR) is 95.2 cm³/mol. The Morgan fingerprint density at radius 1 is 1.24 bits per heavy atom. The van der Waals surface area contributed by atoms with E-state index in [0.29, 0.717) is 30.5 Å². The van der Waals surface area contributed by atoms with Crippen LogP contribution in [0.2, 0.25) is 0 Å². The van der Waals surface area contributed by atoms with Gasteiger partial charge in [0.05, 0.1) is 11.9 Å². The molecule has 2 saturated carbocycles. The molecule has 7 heteroatoms. The van der Waals surface area contributed by atoms with E-state index >= 15 is 0 Å². The van der Waals surface area contributed by atoms with Crippen LogP contribution in [0.15, 0.2) is 24.3 Å². The Morgan fingerprint density at radius 2 is 1.96 bits per heavy atom. The number of sulfonamides is 1. The van der Waals surface area contributed by atoms with Crippen LogP contribution in [-0.2, 0) is 14.8 Å². The van der Waals surface area contributed by atoms with Crippen molar-refractivity contribution >= 4 is 21.6 Å². The molecule has 1 N–H and O–H groups in total. The molecule has 0 radical (unpaired) electrons. The van der Waals surface area contributed by atoms with Gasteiger partial charge in [-0.3, -0.25) is 9.10 Å². The smallest absolute Gasteiger partial charge is 0.232 e. The van der Waals surface area contributed by atoms with E-state index < -0.39 is 15.8 Å². The Balaban J connectivity index is 1.51. The van der Waals surface area contributed by atoms with Crippen LogP contribution in [0.25, 0.3) is 0 Å². The largest absolute Gasteiger partial charge is 0.353 e. The minimum Gasteiger partial charge on any atom is -0.353 e. The van der Waals surface area contributed by atoms with Crippen molar-refractivity contribution in [1.82, 2.24) is 5.32 Å². The van der Waals surface area contributed by atoms with Crippen molar-refractivity contribution in [2.75, 3.05) is 17.1 Å². The zero-order valence-corrected chi connectivity index (χ0v) is 15.3. The number of rotatable bonds is 7. The molecule has 2 bridgehead atoms. The molecule has 5 nitrogen and oxygen atoms in total. The van der Waals surface area contributed by atoms with Crippen molar-refractivity contribution in [3.05, 3.63) is 30.1 Å². The van der Waals surface area contributed by atoms with Gasteiger partial charge in [-0.2, -0.15) is 0 Å². The summed E-state index contributed by atoms with van der Waals surface area (Å²) in [4.78, 5) is 12.2. The molecule has 0 spiro atoms. The van der Waals surface area contributed by atoms with E-state index in [4.69, 9.17) is 0 Å². The van der Waals surface area contributed by atoms with Crippen LogP contribution >= 0.6 is 0 Å². The van der Waals surface area contributed by atoms with Crippen molar-refractivity contribution < 1.29 is 17.6 Å². The van der Waals surface area contributed by atoms with Gasteiger partial charge >= 0.3 is 0 Å². The summed E-state index contributed by atoms with van der Waals surface area (Å²) in [7, 11) is -3.48. The lowest BCUT2D eigenvalue weighted by Gasteiger charge is -2.24. The molecule has 3 atom stereocenters. The van der Waals surface area contributed by atoms with Gasteiger partial charge in [-0.15, -0.1) is 0 Å². The summed E-state index contributed by atoms with van der Waals surface area (Å²) < 4.78 is 38.2. The number of carbonyl (C=O) groups is 1. The zero-order chi connectivity index (χ0) is 18.0. The van der Waals surface area contributed by atoms with E-state index in [1.807, 2.05) is 0 Å². The molecular formula is C18H25FN2O3S. The van der Waals surface area contributed by atoms with Crippen molar-refractivity contribution in [2.24, 2.45) is 11.8 Å². The number of nitrogens with one attached hydrogen (secondary N) is 1. The van der Waals surface area contributed by atoms with E-state index in [2.05, 4.69) is 5.32 Å². The third kappa shape index (κ3) is 4.51. The quantitative estimate of drug-likeness (QED) is 0.805. The number of anilines is 1. The van der Waals surface area contributed by atoms with Crippen LogP contribution in [0, 0.1) is 17.7 Å². The molecule has 0 aromatic heterocycles. The highest BCUT2D eigenvalue weighted by Gasteiger charge is 2.39. The minimum atomic E-state index is -3.48. The lowest BCUT2D eigenvalue weighted by atomic mass is 9.95. The zero-order valence-electron chi connectivity index (χ0n) is 14.4. The fourth-order valence-corrected chi connectivity index (χ4v) is 5.14. The fourth-order valence-electron chi connectivity index (χ4n) is 4.18. The predicted octanol–water partition coefficient (Wildman–Crippen LogP) is 2.68. The molecule has 2 fully saturated rings. The van der Waals surface area contributed by atoms with Crippen molar-refractivity contribution in [3.8, 4) is 0 Å². The average molecular weight is 368 g/mol. The molecule has 0 heterocycles. The monoisotopic (exact) mass is 368 g/mol. The number of nitrogens with zero attached hydrogens (tertiary/aromatic N) is 1. The summed E-state index contributed by atoms with van der Waals surface area (Å²) in [6, 6.07) is 5.64. The molecular weight excluding hydrogens is 343 g/mol. The molecule has 138 valence electrons. The summed E-state index contributed by atoms with van der Waals surface area (Å²) in [5.74, 6) is 0.975. The molecule has 1 aromatic rings. The number of fused-ring (bicyclic) bond motifs is 2. The van der Waals surface area contributed by atoms with E-state index in [1.165, 1.54) is 47.8 Å². The van der Waals surface area contributed by atoms with Crippen molar-refractivity contribution in [3.63, 3.8) is 0 Å². The normalized spacial score (nSPS) is 25.1. The maximum Gasteiger partial charge on any atom is 0.232 e. The topological polar surface area (TPSA) is 66.5 Å². The van der Waals surface area contributed by atoms with E-state index in [0.717, 1.165) is 18.6 Å². The van der Waals surface area contributed by atoms with Crippen LogP contribution in [0.1, 0.15) is 38.5 Å². The van der Waals surface area contributed by atoms with Gasteiger partial charge in [0.15, 0.2) is 0 Å². The van der Waals surface area contributed by atoms with Gasteiger partial charge in [-0.25, -0.2) is 12.8 Å². The number of amides is 1. The average Bonchev–Trinajstić information content (AvgIpc) is 3.14. The Labute approximate surface area is 148 Å². The van der Waals surface area contributed by atoms with Gasteiger partial charge in [-0.1, -0.05) is 6.42 Å². The summed E-state index contributed by atoms with van der Waals surface area (Å²) in [6.45, 7) is 0.203. The molecule has 1 aromatic carbocycles. The van der Waals surface area contributed by atoms with Gasteiger partial charge < -0.3 is 5.32 Å². The van der Waals surface area contributed by atoms with Gasteiger partial charge in [-0.05, 0) is 61.8 Å². The Morgan fingerprint density at radius 3 is 2.52 bits per heavy atom. The molecule has 2 aliphatic carbocycles. The number of hydrogen-bond acceptors (Lipinski definition) is 3. The summed E-state index contributed by atoms with van der Waals surface area (Å²) in [5.41, 5.74) is 0.414.